The normalized spacial score (nSPS) is 16.6. The molecule has 108 valence electrons. The summed E-state index contributed by atoms with van der Waals surface area (Å²) in [6.07, 6.45) is 5.49. The van der Waals surface area contributed by atoms with Crippen LogP contribution in [0.25, 0.3) is 10.2 Å². The van der Waals surface area contributed by atoms with Gasteiger partial charge in [0.1, 0.15) is 4.83 Å². The first-order chi connectivity index (χ1) is 9.58. The molecule has 1 aliphatic rings. The van der Waals surface area contributed by atoms with Gasteiger partial charge in [-0.3, -0.25) is 9.36 Å². The van der Waals surface area contributed by atoms with Crippen LogP contribution >= 0.6 is 11.3 Å². The van der Waals surface area contributed by atoms with Crippen LogP contribution in [-0.4, -0.2) is 20.8 Å². The lowest BCUT2D eigenvalue weighted by Crippen LogP contribution is -2.29. The molecule has 1 aliphatic carbocycles. The molecule has 0 fully saturated rings. The Labute approximate surface area is 122 Å². The molecule has 1 N–H and O–H groups in total. The number of hydrogen-bond donors (Lipinski definition) is 1. The number of aryl methyl sites for hydroxylation is 2. The van der Waals surface area contributed by atoms with Crippen LogP contribution in [0.5, 0.6) is 0 Å². The number of rotatable bonds is 3. The number of aliphatic hydroxyl groups excluding tert-OH is 1. The molecule has 20 heavy (non-hydrogen) atoms. The SMILES string of the molecule is CC(C)C(O)Cn1cnc2sc3c(c2c1=O)CCCC3. The molecule has 1 atom stereocenters. The van der Waals surface area contributed by atoms with Gasteiger partial charge in [-0.05, 0) is 37.2 Å². The molecule has 0 saturated heterocycles. The Kier molecular flexibility index (Phi) is 3.65. The minimum Gasteiger partial charge on any atom is -0.391 e. The molecular weight excluding hydrogens is 272 g/mol. The van der Waals surface area contributed by atoms with Crippen molar-refractivity contribution in [2.24, 2.45) is 5.92 Å². The maximum atomic E-state index is 12.6. The van der Waals surface area contributed by atoms with Crippen LogP contribution in [-0.2, 0) is 19.4 Å². The van der Waals surface area contributed by atoms with E-state index in [2.05, 4.69) is 4.98 Å². The summed E-state index contributed by atoms with van der Waals surface area (Å²) in [4.78, 5) is 19.3. The predicted molar refractivity (Wildman–Crippen MR) is 81.4 cm³/mol. The van der Waals surface area contributed by atoms with E-state index in [0.717, 1.165) is 29.5 Å². The summed E-state index contributed by atoms with van der Waals surface area (Å²) in [7, 11) is 0. The average Bonchev–Trinajstić information content (AvgIpc) is 2.80. The standard InChI is InChI=1S/C15H20N2O2S/c1-9(2)11(18)7-17-8-16-14-13(15(17)19)10-5-3-4-6-12(10)20-14/h8-9,11,18H,3-7H2,1-2H3. The summed E-state index contributed by atoms with van der Waals surface area (Å²) in [5, 5.41) is 10.8. The first-order valence-electron chi connectivity index (χ1n) is 7.25. The molecule has 2 aromatic rings. The van der Waals surface area contributed by atoms with Gasteiger partial charge in [-0.25, -0.2) is 4.98 Å². The fraction of sp³-hybridized carbons (Fsp3) is 0.600. The molecule has 3 rings (SSSR count). The van der Waals surface area contributed by atoms with Crippen molar-refractivity contribution in [3.8, 4) is 0 Å². The van der Waals surface area contributed by atoms with Crippen molar-refractivity contribution < 1.29 is 5.11 Å². The van der Waals surface area contributed by atoms with E-state index in [9.17, 15) is 9.90 Å². The Morgan fingerprint density at radius 2 is 2.15 bits per heavy atom. The van der Waals surface area contributed by atoms with Gasteiger partial charge in [0.15, 0.2) is 0 Å². The third-order valence-corrected chi connectivity index (χ3v) is 5.29. The zero-order valence-electron chi connectivity index (χ0n) is 11.9. The summed E-state index contributed by atoms with van der Waals surface area (Å²) < 4.78 is 1.56. The molecule has 4 nitrogen and oxygen atoms in total. The second-order valence-corrected chi connectivity index (χ2v) is 6.99. The van der Waals surface area contributed by atoms with E-state index in [1.165, 1.54) is 16.9 Å². The molecule has 0 amide bonds. The van der Waals surface area contributed by atoms with E-state index in [1.807, 2.05) is 13.8 Å². The van der Waals surface area contributed by atoms with E-state index < -0.39 is 6.10 Å². The predicted octanol–water partition coefficient (Wildman–Crippen LogP) is 2.35. The quantitative estimate of drug-likeness (QED) is 0.945. The molecule has 0 aromatic carbocycles. The number of fused-ring (bicyclic) bond motifs is 3. The van der Waals surface area contributed by atoms with Gasteiger partial charge in [0, 0.05) is 4.88 Å². The van der Waals surface area contributed by atoms with Crippen molar-refractivity contribution in [3.63, 3.8) is 0 Å². The molecule has 0 radical (unpaired) electrons. The van der Waals surface area contributed by atoms with E-state index in [-0.39, 0.29) is 11.5 Å². The highest BCUT2D eigenvalue weighted by Gasteiger charge is 2.20. The van der Waals surface area contributed by atoms with Crippen LogP contribution in [0.3, 0.4) is 0 Å². The maximum Gasteiger partial charge on any atom is 0.262 e. The van der Waals surface area contributed by atoms with Gasteiger partial charge in [-0.1, -0.05) is 13.8 Å². The summed E-state index contributed by atoms with van der Waals surface area (Å²) in [6, 6.07) is 0. The highest BCUT2D eigenvalue weighted by molar-refractivity contribution is 7.18. The molecule has 0 aliphatic heterocycles. The molecule has 2 aromatic heterocycles. The molecular formula is C15H20N2O2S. The fourth-order valence-corrected chi connectivity index (χ4v) is 3.94. The molecule has 0 bridgehead atoms. The van der Waals surface area contributed by atoms with Crippen molar-refractivity contribution in [1.82, 2.24) is 9.55 Å². The Bertz CT molecular complexity index is 687. The van der Waals surface area contributed by atoms with Crippen LogP contribution in [0.2, 0.25) is 0 Å². The Hall–Kier alpha value is -1.20. The van der Waals surface area contributed by atoms with Crippen molar-refractivity contribution in [1.29, 1.82) is 0 Å². The third kappa shape index (κ3) is 2.29. The second kappa shape index (κ2) is 5.30. The van der Waals surface area contributed by atoms with Crippen LogP contribution in [0.15, 0.2) is 11.1 Å². The van der Waals surface area contributed by atoms with E-state index in [0.29, 0.717) is 6.54 Å². The van der Waals surface area contributed by atoms with Crippen molar-refractivity contribution in [3.05, 3.63) is 27.1 Å². The van der Waals surface area contributed by atoms with Gasteiger partial charge >= 0.3 is 0 Å². The average molecular weight is 292 g/mol. The van der Waals surface area contributed by atoms with Crippen molar-refractivity contribution in [2.45, 2.75) is 52.2 Å². The highest BCUT2D eigenvalue weighted by atomic mass is 32.1. The molecule has 2 heterocycles. The summed E-state index contributed by atoms with van der Waals surface area (Å²) in [5.74, 6) is 0.133. The molecule has 1 unspecified atom stereocenters. The van der Waals surface area contributed by atoms with Crippen LogP contribution in [0, 0.1) is 5.92 Å². The van der Waals surface area contributed by atoms with Gasteiger partial charge in [0.25, 0.3) is 5.56 Å². The number of hydrogen-bond acceptors (Lipinski definition) is 4. The van der Waals surface area contributed by atoms with Crippen LogP contribution < -0.4 is 5.56 Å². The monoisotopic (exact) mass is 292 g/mol. The van der Waals surface area contributed by atoms with Gasteiger partial charge in [-0.2, -0.15) is 0 Å². The Morgan fingerprint density at radius 3 is 2.90 bits per heavy atom. The van der Waals surface area contributed by atoms with E-state index in [1.54, 1.807) is 22.2 Å². The third-order valence-electron chi connectivity index (χ3n) is 4.10. The van der Waals surface area contributed by atoms with Gasteiger partial charge in [0.05, 0.1) is 24.4 Å². The lowest BCUT2D eigenvalue weighted by Gasteiger charge is -2.15. The first-order valence-corrected chi connectivity index (χ1v) is 8.07. The first kappa shape index (κ1) is 13.8. The van der Waals surface area contributed by atoms with Crippen molar-refractivity contribution >= 4 is 21.6 Å². The van der Waals surface area contributed by atoms with E-state index >= 15 is 0 Å². The lowest BCUT2D eigenvalue weighted by atomic mass is 9.97. The van der Waals surface area contributed by atoms with E-state index in [4.69, 9.17) is 0 Å². The van der Waals surface area contributed by atoms with Crippen LogP contribution in [0.1, 0.15) is 37.1 Å². The lowest BCUT2D eigenvalue weighted by molar-refractivity contribution is 0.105. The smallest absolute Gasteiger partial charge is 0.262 e. The van der Waals surface area contributed by atoms with Gasteiger partial charge in [-0.15, -0.1) is 11.3 Å². The number of aliphatic hydroxyl groups is 1. The van der Waals surface area contributed by atoms with Gasteiger partial charge in [0.2, 0.25) is 0 Å². The summed E-state index contributed by atoms with van der Waals surface area (Å²) in [5.41, 5.74) is 1.22. The molecule has 0 saturated carbocycles. The second-order valence-electron chi connectivity index (χ2n) is 5.90. The zero-order chi connectivity index (χ0) is 14.3. The number of aromatic nitrogens is 2. The summed E-state index contributed by atoms with van der Waals surface area (Å²) in [6.45, 7) is 4.23. The van der Waals surface area contributed by atoms with Crippen LogP contribution in [0.4, 0.5) is 0 Å². The topological polar surface area (TPSA) is 55.1 Å². The Morgan fingerprint density at radius 1 is 1.40 bits per heavy atom. The minimum atomic E-state index is -0.513. The van der Waals surface area contributed by atoms with Crippen molar-refractivity contribution in [2.75, 3.05) is 0 Å². The number of nitrogens with zero attached hydrogens (tertiary/aromatic N) is 2. The highest BCUT2D eigenvalue weighted by Crippen LogP contribution is 2.33. The largest absolute Gasteiger partial charge is 0.391 e. The summed E-state index contributed by atoms with van der Waals surface area (Å²) >= 11 is 1.66. The molecule has 5 heteroatoms. The minimum absolute atomic E-state index is 0.00843. The zero-order valence-corrected chi connectivity index (χ0v) is 12.7. The van der Waals surface area contributed by atoms with Gasteiger partial charge < -0.3 is 5.11 Å². The molecule has 0 spiro atoms. The Balaban J connectivity index is 2.08. The number of thiophene rings is 1. The maximum absolute atomic E-state index is 12.6. The fourth-order valence-electron chi connectivity index (χ4n) is 2.72.